The molecular formula is C12H10N2O4. The van der Waals surface area contributed by atoms with E-state index in [4.69, 9.17) is 10.4 Å². The van der Waals surface area contributed by atoms with Crippen LogP contribution in [0.1, 0.15) is 11.1 Å². The van der Waals surface area contributed by atoms with Crippen molar-refractivity contribution >= 4 is 18.0 Å². The van der Waals surface area contributed by atoms with E-state index in [2.05, 4.69) is 4.84 Å². The highest BCUT2D eigenvalue weighted by Crippen LogP contribution is 2.04. The number of carboxylic acid groups (broad SMARTS) is 1. The van der Waals surface area contributed by atoms with Gasteiger partial charge in [0.25, 0.3) is 5.91 Å². The lowest BCUT2D eigenvalue weighted by Crippen LogP contribution is -2.24. The van der Waals surface area contributed by atoms with Gasteiger partial charge in [-0.15, -0.1) is 0 Å². The second-order valence-electron chi connectivity index (χ2n) is 3.22. The Morgan fingerprint density at radius 1 is 1.39 bits per heavy atom. The Morgan fingerprint density at radius 2 is 2.06 bits per heavy atom. The number of hydroxylamine groups is 1. The van der Waals surface area contributed by atoms with E-state index in [1.165, 1.54) is 12.2 Å². The number of carboxylic acids is 1. The summed E-state index contributed by atoms with van der Waals surface area (Å²) < 4.78 is 0. The molecule has 2 N–H and O–H groups in total. The lowest BCUT2D eigenvalue weighted by Gasteiger charge is -1.99. The molecular weight excluding hydrogens is 236 g/mol. The van der Waals surface area contributed by atoms with Crippen molar-refractivity contribution in [3.05, 3.63) is 41.5 Å². The summed E-state index contributed by atoms with van der Waals surface area (Å²) in [4.78, 5) is 25.6. The van der Waals surface area contributed by atoms with E-state index in [9.17, 15) is 9.59 Å². The highest BCUT2D eigenvalue weighted by molar-refractivity contribution is 5.91. The number of amides is 1. The standard InChI is InChI=1S/C12H10N2O4/c13-7-10-3-1-9(2-4-10)5-6-11(15)14-18-8-12(16)17/h1-6H,8H2,(H,14,15)(H,16,17). The smallest absolute Gasteiger partial charge is 0.332 e. The molecule has 0 fully saturated rings. The van der Waals surface area contributed by atoms with E-state index in [1.54, 1.807) is 24.3 Å². The molecule has 6 nitrogen and oxygen atoms in total. The largest absolute Gasteiger partial charge is 0.479 e. The van der Waals surface area contributed by atoms with Gasteiger partial charge in [-0.05, 0) is 23.8 Å². The van der Waals surface area contributed by atoms with E-state index in [1.807, 2.05) is 11.5 Å². The molecule has 0 aliphatic carbocycles. The van der Waals surface area contributed by atoms with Gasteiger partial charge in [-0.25, -0.2) is 10.3 Å². The summed E-state index contributed by atoms with van der Waals surface area (Å²) >= 11 is 0. The molecule has 1 aromatic rings. The topological polar surface area (TPSA) is 99.4 Å². The summed E-state index contributed by atoms with van der Waals surface area (Å²) in [7, 11) is 0. The molecule has 92 valence electrons. The maximum atomic E-state index is 11.2. The van der Waals surface area contributed by atoms with Gasteiger partial charge >= 0.3 is 5.97 Å². The van der Waals surface area contributed by atoms with Gasteiger partial charge in [0.1, 0.15) is 0 Å². The van der Waals surface area contributed by atoms with Gasteiger partial charge in [0.2, 0.25) is 0 Å². The maximum absolute atomic E-state index is 11.2. The highest BCUT2D eigenvalue weighted by Gasteiger charge is 1.99. The zero-order valence-corrected chi connectivity index (χ0v) is 9.29. The van der Waals surface area contributed by atoms with E-state index >= 15 is 0 Å². The molecule has 0 aromatic heterocycles. The van der Waals surface area contributed by atoms with Gasteiger partial charge in [0, 0.05) is 6.08 Å². The van der Waals surface area contributed by atoms with Crippen LogP contribution in [-0.2, 0) is 14.4 Å². The van der Waals surface area contributed by atoms with Crippen molar-refractivity contribution in [2.75, 3.05) is 6.61 Å². The van der Waals surface area contributed by atoms with Crippen LogP contribution in [0.5, 0.6) is 0 Å². The van der Waals surface area contributed by atoms with Crippen molar-refractivity contribution < 1.29 is 19.5 Å². The molecule has 0 bridgehead atoms. The van der Waals surface area contributed by atoms with Crippen LogP contribution in [0.4, 0.5) is 0 Å². The highest BCUT2D eigenvalue weighted by atomic mass is 16.7. The summed E-state index contributed by atoms with van der Waals surface area (Å²) in [6.07, 6.45) is 2.71. The molecule has 1 amide bonds. The monoisotopic (exact) mass is 246 g/mol. The van der Waals surface area contributed by atoms with Gasteiger partial charge < -0.3 is 5.11 Å². The Labute approximate surface area is 103 Å². The quantitative estimate of drug-likeness (QED) is 0.588. The zero-order valence-electron chi connectivity index (χ0n) is 9.29. The third kappa shape index (κ3) is 4.92. The molecule has 0 aliphatic heterocycles. The first-order valence-corrected chi connectivity index (χ1v) is 4.93. The Bertz CT molecular complexity index is 500. The lowest BCUT2D eigenvalue weighted by molar-refractivity contribution is -0.147. The predicted octanol–water partition coefficient (Wildman–Crippen LogP) is 0.704. The van der Waals surface area contributed by atoms with Crippen molar-refractivity contribution in [1.82, 2.24) is 5.48 Å². The second kappa shape index (κ2) is 6.83. The summed E-state index contributed by atoms with van der Waals surface area (Å²) in [5.74, 6) is -1.74. The fraction of sp³-hybridized carbons (Fsp3) is 0.0833. The number of nitrogens with one attached hydrogen (secondary N) is 1. The summed E-state index contributed by atoms with van der Waals surface area (Å²) in [6, 6.07) is 8.59. The molecule has 1 aromatic carbocycles. The minimum absolute atomic E-state index is 0.529. The number of aliphatic carboxylic acids is 1. The number of rotatable bonds is 5. The first kappa shape index (κ1) is 13.4. The van der Waals surface area contributed by atoms with Crippen LogP contribution in [0.3, 0.4) is 0 Å². The van der Waals surface area contributed by atoms with Crippen molar-refractivity contribution in [2.24, 2.45) is 0 Å². The van der Waals surface area contributed by atoms with Crippen molar-refractivity contribution in [2.45, 2.75) is 0 Å². The van der Waals surface area contributed by atoms with E-state index in [-0.39, 0.29) is 0 Å². The fourth-order valence-electron chi connectivity index (χ4n) is 1.04. The number of nitrogens with zero attached hydrogens (tertiary/aromatic N) is 1. The number of hydrogen-bond acceptors (Lipinski definition) is 4. The summed E-state index contributed by atoms with van der Waals surface area (Å²) in [5, 5.41) is 16.9. The van der Waals surface area contributed by atoms with Gasteiger partial charge in [0.05, 0.1) is 11.6 Å². The van der Waals surface area contributed by atoms with E-state index in [0.29, 0.717) is 5.56 Å². The molecule has 1 rings (SSSR count). The van der Waals surface area contributed by atoms with E-state index in [0.717, 1.165) is 5.56 Å². The van der Waals surface area contributed by atoms with Gasteiger partial charge in [0.15, 0.2) is 6.61 Å². The average molecular weight is 246 g/mol. The molecule has 6 heteroatoms. The Morgan fingerprint density at radius 3 is 2.61 bits per heavy atom. The second-order valence-corrected chi connectivity index (χ2v) is 3.22. The third-order valence-electron chi connectivity index (χ3n) is 1.84. The Kier molecular flexibility index (Phi) is 5.09. The Balaban J connectivity index is 2.45. The van der Waals surface area contributed by atoms with Crippen LogP contribution < -0.4 is 5.48 Å². The molecule has 0 saturated heterocycles. The number of carbonyl (C=O) groups excluding carboxylic acids is 1. The average Bonchev–Trinajstić information content (AvgIpc) is 2.36. The SMILES string of the molecule is N#Cc1ccc(C=CC(=O)NOCC(=O)O)cc1. The number of nitriles is 1. The molecule has 0 radical (unpaired) electrons. The van der Waals surface area contributed by atoms with Crippen molar-refractivity contribution in [1.29, 1.82) is 5.26 Å². The minimum atomic E-state index is -1.17. The molecule has 0 saturated carbocycles. The molecule has 0 unspecified atom stereocenters. The van der Waals surface area contributed by atoms with Crippen LogP contribution >= 0.6 is 0 Å². The van der Waals surface area contributed by atoms with Crippen molar-refractivity contribution in [3.8, 4) is 6.07 Å². The molecule has 0 heterocycles. The summed E-state index contributed by atoms with van der Waals surface area (Å²) in [5.41, 5.74) is 3.22. The first-order valence-electron chi connectivity index (χ1n) is 4.93. The van der Waals surface area contributed by atoms with Crippen LogP contribution in [-0.4, -0.2) is 23.6 Å². The molecule has 0 aliphatic rings. The summed E-state index contributed by atoms with van der Waals surface area (Å²) in [6.45, 7) is -0.601. The lowest BCUT2D eigenvalue weighted by atomic mass is 10.1. The van der Waals surface area contributed by atoms with Gasteiger partial charge in [-0.3, -0.25) is 9.63 Å². The molecule has 0 spiro atoms. The molecule has 18 heavy (non-hydrogen) atoms. The molecule has 0 atom stereocenters. The maximum Gasteiger partial charge on any atom is 0.332 e. The fourth-order valence-corrected chi connectivity index (χ4v) is 1.04. The van der Waals surface area contributed by atoms with E-state index < -0.39 is 18.5 Å². The predicted molar refractivity (Wildman–Crippen MR) is 61.9 cm³/mol. The van der Waals surface area contributed by atoms with Gasteiger partial charge in [-0.1, -0.05) is 12.1 Å². The number of carbonyl (C=O) groups is 2. The van der Waals surface area contributed by atoms with Crippen LogP contribution in [0.25, 0.3) is 6.08 Å². The normalized spacial score (nSPS) is 9.94. The van der Waals surface area contributed by atoms with Crippen molar-refractivity contribution in [3.63, 3.8) is 0 Å². The van der Waals surface area contributed by atoms with Crippen LogP contribution in [0.2, 0.25) is 0 Å². The number of hydrogen-bond donors (Lipinski definition) is 2. The number of benzene rings is 1. The Hall–Kier alpha value is -2.65. The zero-order chi connectivity index (χ0) is 13.4. The van der Waals surface area contributed by atoms with Gasteiger partial charge in [-0.2, -0.15) is 5.26 Å². The first-order chi connectivity index (χ1) is 8.61. The van der Waals surface area contributed by atoms with Crippen LogP contribution in [0.15, 0.2) is 30.3 Å². The van der Waals surface area contributed by atoms with Crippen LogP contribution in [0, 0.1) is 11.3 Å². The minimum Gasteiger partial charge on any atom is -0.479 e. The third-order valence-corrected chi connectivity index (χ3v) is 1.84.